The Bertz CT molecular complexity index is 462. The van der Waals surface area contributed by atoms with Crippen LogP contribution in [-0.4, -0.2) is 14.7 Å². The van der Waals surface area contributed by atoms with Crippen molar-refractivity contribution < 1.29 is 9.84 Å². The molecule has 0 unspecified atom stereocenters. The van der Waals surface area contributed by atoms with E-state index in [1.807, 2.05) is 0 Å². The topological polar surface area (TPSA) is 73.3 Å². The van der Waals surface area contributed by atoms with Gasteiger partial charge < -0.3 is 15.6 Å². The molecular weight excluding hydrogens is 194 g/mol. The van der Waals surface area contributed by atoms with Crippen molar-refractivity contribution in [2.24, 2.45) is 7.05 Å². The maximum atomic E-state index is 9.09. The first kappa shape index (κ1) is 9.39. The summed E-state index contributed by atoms with van der Waals surface area (Å²) < 4.78 is 7.08. The largest absolute Gasteiger partial charge is 0.508 e. The fraction of sp³-hybridized carbons (Fsp3) is 0.100. The van der Waals surface area contributed by atoms with Gasteiger partial charge >= 0.3 is 6.01 Å². The van der Waals surface area contributed by atoms with Gasteiger partial charge in [-0.2, -0.15) is 0 Å². The van der Waals surface area contributed by atoms with Crippen molar-refractivity contribution in [3.8, 4) is 17.5 Å². The molecule has 1 aromatic heterocycles. The molecule has 0 aliphatic rings. The summed E-state index contributed by atoms with van der Waals surface area (Å²) in [7, 11) is 1.76. The van der Waals surface area contributed by atoms with Gasteiger partial charge in [0.25, 0.3) is 0 Å². The first-order chi connectivity index (χ1) is 7.16. The molecule has 1 heterocycles. The molecule has 2 rings (SSSR count). The molecule has 5 heteroatoms. The highest BCUT2D eigenvalue weighted by molar-refractivity contribution is 5.34. The third-order valence-corrected chi connectivity index (χ3v) is 2.03. The summed E-state index contributed by atoms with van der Waals surface area (Å²) in [6.45, 7) is 0. The number of imidazole rings is 1. The van der Waals surface area contributed by atoms with Crippen LogP contribution in [0.25, 0.3) is 0 Å². The third kappa shape index (κ3) is 1.85. The zero-order valence-corrected chi connectivity index (χ0v) is 8.21. The number of aromatic hydroxyl groups is 1. The van der Waals surface area contributed by atoms with Crippen molar-refractivity contribution in [2.45, 2.75) is 0 Å². The molecule has 0 amide bonds. The van der Waals surface area contributed by atoms with Crippen LogP contribution >= 0.6 is 0 Å². The van der Waals surface area contributed by atoms with Crippen LogP contribution in [0.5, 0.6) is 17.5 Å². The van der Waals surface area contributed by atoms with Crippen molar-refractivity contribution in [2.75, 3.05) is 5.73 Å². The van der Waals surface area contributed by atoms with E-state index >= 15 is 0 Å². The van der Waals surface area contributed by atoms with Crippen molar-refractivity contribution in [3.05, 3.63) is 30.5 Å². The number of rotatable bonds is 2. The Morgan fingerprint density at radius 1 is 1.33 bits per heavy atom. The maximum Gasteiger partial charge on any atom is 0.303 e. The normalized spacial score (nSPS) is 10.2. The van der Waals surface area contributed by atoms with Crippen LogP contribution in [0.2, 0.25) is 0 Å². The van der Waals surface area contributed by atoms with Crippen LogP contribution in [0.3, 0.4) is 0 Å². The summed E-state index contributed by atoms with van der Waals surface area (Å²) in [6.07, 6.45) is 1.52. The zero-order chi connectivity index (χ0) is 10.8. The Kier molecular flexibility index (Phi) is 2.21. The van der Waals surface area contributed by atoms with Gasteiger partial charge in [-0.1, -0.05) is 0 Å². The molecule has 0 atom stereocenters. The SMILES string of the molecule is Cn1c(N)cnc1Oc1ccc(O)cc1. The second-order valence-corrected chi connectivity index (χ2v) is 3.12. The smallest absolute Gasteiger partial charge is 0.303 e. The van der Waals surface area contributed by atoms with Gasteiger partial charge in [0.05, 0.1) is 6.20 Å². The van der Waals surface area contributed by atoms with Crippen molar-refractivity contribution >= 4 is 5.82 Å². The Hall–Kier alpha value is -2.17. The van der Waals surface area contributed by atoms with Gasteiger partial charge in [0.1, 0.15) is 17.3 Å². The maximum absolute atomic E-state index is 9.09. The Balaban J connectivity index is 2.22. The number of phenols is 1. The molecule has 1 aromatic carbocycles. The minimum Gasteiger partial charge on any atom is -0.508 e. The fourth-order valence-electron chi connectivity index (χ4n) is 1.12. The number of benzene rings is 1. The number of nitrogens with two attached hydrogens (primary N) is 1. The van der Waals surface area contributed by atoms with Crippen LogP contribution in [0.1, 0.15) is 0 Å². The summed E-state index contributed by atoms with van der Waals surface area (Å²) in [5, 5.41) is 9.09. The highest BCUT2D eigenvalue weighted by atomic mass is 16.5. The molecule has 0 aliphatic carbocycles. The van der Waals surface area contributed by atoms with Crippen LogP contribution in [0.15, 0.2) is 30.5 Å². The summed E-state index contributed by atoms with van der Waals surface area (Å²) in [5.41, 5.74) is 5.60. The Morgan fingerprint density at radius 2 is 2.00 bits per heavy atom. The number of nitrogen functional groups attached to an aromatic ring is 1. The quantitative estimate of drug-likeness (QED) is 0.779. The number of anilines is 1. The summed E-state index contributed by atoms with van der Waals surface area (Å²) in [5.74, 6) is 1.33. The molecule has 2 aromatic rings. The van der Waals surface area contributed by atoms with E-state index in [0.717, 1.165) is 0 Å². The fourth-order valence-corrected chi connectivity index (χ4v) is 1.12. The molecule has 0 spiro atoms. The average Bonchev–Trinajstić information content (AvgIpc) is 2.53. The van der Waals surface area contributed by atoms with Gasteiger partial charge in [-0.05, 0) is 24.3 Å². The first-order valence-electron chi connectivity index (χ1n) is 4.41. The molecule has 5 nitrogen and oxygen atoms in total. The summed E-state index contributed by atoms with van der Waals surface area (Å²) in [6, 6.07) is 6.81. The lowest BCUT2D eigenvalue weighted by atomic mass is 10.3. The molecule has 3 N–H and O–H groups in total. The highest BCUT2D eigenvalue weighted by Crippen LogP contribution is 2.22. The van der Waals surface area contributed by atoms with Gasteiger partial charge in [0.2, 0.25) is 0 Å². The van der Waals surface area contributed by atoms with Crippen LogP contribution in [-0.2, 0) is 7.05 Å². The van der Waals surface area contributed by atoms with Gasteiger partial charge in [-0.25, -0.2) is 4.98 Å². The van der Waals surface area contributed by atoms with E-state index in [2.05, 4.69) is 4.98 Å². The number of ether oxygens (including phenoxy) is 1. The molecule has 0 fully saturated rings. The number of aromatic nitrogens is 2. The Morgan fingerprint density at radius 3 is 2.53 bits per heavy atom. The van der Waals surface area contributed by atoms with Gasteiger partial charge in [-0.15, -0.1) is 0 Å². The van der Waals surface area contributed by atoms with Gasteiger partial charge in [0.15, 0.2) is 0 Å². The second-order valence-electron chi connectivity index (χ2n) is 3.12. The van der Waals surface area contributed by atoms with E-state index in [1.165, 1.54) is 6.20 Å². The molecule has 15 heavy (non-hydrogen) atoms. The number of phenolic OH excluding ortho intramolecular Hbond substituents is 1. The molecule has 0 radical (unpaired) electrons. The predicted molar refractivity (Wildman–Crippen MR) is 55.8 cm³/mol. The first-order valence-corrected chi connectivity index (χ1v) is 4.41. The zero-order valence-electron chi connectivity index (χ0n) is 8.21. The highest BCUT2D eigenvalue weighted by Gasteiger charge is 2.05. The molecule has 0 saturated carbocycles. The van der Waals surface area contributed by atoms with E-state index in [0.29, 0.717) is 17.6 Å². The third-order valence-electron chi connectivity index (χ3n) is 2.03. The lowest BCUT2D eigenvalue weighted by Gasteiger charge is -2.05. The van der Waals surface area contributed by atoms with E-state index in [1.54, 1.807) is 35.9 Å². The second kappa shape index (κ2) is 3.53. The molecule has 78 valence electrons. The molecular formula is C10H11N3O2. The van der Waals surface area contributed by atoms with E-state index < -0.39 is 0 Å². The van der Waals surface area contributed by atoms with Gasteiger partial charge in [-0.3, -0.25) is 4.57 Å². The number of hydrogen-bond donors (Lipinski definition) is 2. The van der Waals surface area contributed by atoms with E-state index in [9.17, 15) is 0 Å². The van der Waals surface area contributed by atoms with Crippen molar-refractivity contribution in [1.29, 1.82) is 0 Å². The predicted octanol–water partition coefficient (Wildman–Crippen LogP) is 1.50. The molecule has 0 bridgehead atoms. The van der Waals surface area contributed by atoms with Gasteiger partial charge in [0, 0.05) is 7.05 Å². The van der Waals surface area contributed by atoms with Crippen LogP contribution in [0.4, 0.5) is 5.82 Å². The Labute approximate surface area is 86.7 Å². The average molecular weight is 205 g/mol. The van der Waals surface area contributed by atoms with E-state index in [4.69, 9.17) is 15.6 Å². The monoisotopic (exact) mass is 205 g/mol. The molecule has 0 aliphatic heterocycles. The van der Waals surface area contributed by atoms with Crippen molar-refractivity contribution in [3.63, 3.8) is 0 Å². The van der Waals surface area contributed by atoms with E-state index in [-0.39, 0.29) is 5.75 Å². The minimum atomic E-state index is 0.196. The lowest BCUT2D eigenvalue weighted by Crippen LogP contribution is -1.98. The standard InChI is InChI=1S/C10H11N3O2/c1-13-9(11)6-12-10(13)15-8-4-2-7(14)3-5-8/h2-6,14H,11H2,1H3. The summed E-state index contributed by atoms with van der Waals surface area (Å²) >= 11 is 0. The number of hydrogen-bond acceptors (Lipinski definition) is 4. The van der Waals surface area contributed by atoms with Crippen molar-refractivity contribution in [1.82, 2.24) is 9.55 Å². The molecule has 0 saturated heterocycles. The lowest BCUT2D eigenvalue weighted by molar-refractivity contribution is 0.423. The summed E-state index contributed by atoms with van der Waals surface area (Å²) in [4.78, 5) is 3.99. The minimum absolute atomic E-state index is 0.196. The van der Waals surface area contributed by atoms with Crippen LogP contribution < -0.4 is 10.5 Å². The van der Waals surface area contributed by atoms with Crippen LogP contribution in [0, 0.1) is 0 Å². The number of nitrogens with zero attached hydrogens (tertiary/aromatic N) is 2.